The van der Waals surface area contributed by atoms with Crippen molar-refractivity contribution >= 4 is 35.6 Å². The zero-order valence-electron chi connectivity index (χ0n) is 21.5. The van der Waals surface area contributed by atoms with E-state index in [1.54, 1.807) is 0 Å². The molecule has 0 aliphatic rings. The highest BCUT2D eigenvalue weighted by atomic mass is 16.4. The average Bonchev–Trinajstić information content (AvgIpc) is 3.32. The molecule has 0 spiro atoms. The summed E-state index contributed by atoms with van der Waals surface area (Å²) in [5.41, 5.74) is 22.3. The van der Waals surface area contributed by atoms with Crippen molar-refractivity contribution in [1.29, 1.82) is 0 Å². The summed E-state index contributed by atoms with van der Waals surface area (Å²) in [4.78, 5) is 72.0. The van der Waals surface area contributed by atoms with E-state index in [-0.39, 0.29) is 44.1 Å². The van der Waals surface area contributed by atoms with Crippen molar-refractivity contribution in [3.8, 4) is 0 Å². The number of nitrogens with two attached hydrogens (primary N) is 4. The van der Waals surface area contributed by atoms with Crippen LogP contribution < -0.4 is 38.9 Å². The van der Waals surface area contributed by atoms with E-state index in [1.165, 1.54) is 12.5 Å². The molecule has 0 saturated heterocycles. The Morgan fingerprint density at radius 2 is 1.61 bits per heavy atom. The Morgan fingerprint density at radius 1 is 1.00 bits per heavy atom. The maximum Gasteiger partial charge on any atom is 0.326 e. The average molecular weight is 539 g/mol. The van der Waals surface area contributed by atoms with Gasteiger partial charge in [0.25, 0.3) is 0 Å². The fourth-order valence-electron chi connectivity index (χ4n) is 3.43. The SMILES string of the molecule is CC(C)CC(NC(=O)C(N)Cc1cnc[nH]1)C(=O)NC(CCCN=C(N)N)C(=O)NC(CC(N)=O)C(=O)O. The fraction of sp³-hybridized carbons (Fsp3) is 0.591. The summed E-state index contributed by atoms with van der Waals surface area (Å²) >= 11 is 0. The Bertz CT molecular complexity index is 977. The van der Waals surface area contributed by atoms with Gasteiger partial charge in [-0.1, -0.05) is 13.8 Å². The fourth-order valence-corrected chi connectivity index (χ4v) is 3.43. The van der Waals surface area contributed by atoms with E-state index in [4.69, 9.17) is 22.9 Å². The summed E-state index contributed by atoms with van der Waals surface area (Å²) in [5.74, 6) is -4.70. The van der Waals surface area contributed by atoms with Gasteiger partial charge in [0.05, 0.1) is 18.8 Å². The van der Waals surface area contributed by atoms with Gasteiger partial charge >= 0.3 is 5.97 Å². The second-order valence-electron chi connectivity index (χ2n) is 9.16. The number of carbonyl (C=O) groups excluding carboxylic acids is 4. The number of hydrogen-bond acceptors (Lipinski definition) is 8. The highest BCUT2D eigenvalue weighted by molar-refractivity contribution is 5.94. The monoisotopic (exact) mass is 538 g/mol. The Hall–Kier alpha value is -4.21. The van der Waals surface area contributed by atoms with E-state index in [9.17, 15) is 29.1 Å². The number of aliphatic carboxylic acids is 1. The molecule has 212 valence electrons. The third-order valence-electron chi connectivity index (χ3n) is 5.27. The molecule has 1 heterocycles. The molecule has 1 rings (SSSR count). The summed E-state index contributed by atoms with van der Waals surface area (Å²) < 4.78 is 0. The predicted octanol–water partition coefficient (Wildman–Crippen LogP) is -3.21. The molecule has 4 amide bonds. The predicted molar refractivity (Wildman–Crippen MR) is 137 cm³/mol. The van der Waals surface area contributed by atoms with E-state index < -0.39 is 60.2 Å². The number of carboxylic acid groups (broad SMARTS) is 1. The van der Waals surface area contributed by atoms with Gasteiger partial charge in [-0.25, -0.2) is 9.78 Å². The van der Waals surface area contributed by atoms with E-state index >= 15 is 0 Å². The molecule has 16 heteroatoms. The summed E-state index contributed by atoms with van der Waals surface area (Å²) in [7, 11) is 0. The van der Waals surface area contributed by atoms with E-state index in [2.05, 4.69) is 30.9 Å². The van der Waals surface area contributed by atoms with E-state index in [1.807, 2.05) is 13.8 Å². The lowest BCUT2D eigenvalue weighted by Gasteiger charge is -2.26. The maximum atomic E-state index is 13.2. The molecule has 0 aromatic carbocycles. The molecule has 0 aliphatic heterocycles. The van der Waals surface area contributed by atoms with Crippen LogP contribution in [0.1, 0.15) is 45.2 Å². The number of primary amides is 1. The van der Waals surface area contributed by atoms with Gasteiger partial charge in [0.15, 0.2) is 5.96 Å². The largest absolute Gasteiger partial charge is 0.480 e. The van der Waals surface area contributed by atoms with Gasteiger partial charge in [0, 0.05) is 24.9 Å². The quantitative estimate of drug-likeness (QED) is 0.0543. The van der Waals surface area contributed by atoms with E-state index in [0.717, 1.165) is 0 Å². The van der Waals surface area contributed by atoms with Crippen LogP contribution in [-0.4, -0.2) is 81.3 Å². The molecule has 16 nitrogen and oxygen atoms in total. The van der Waals surface area contributed by atoms with Crippen LogP contribution in [0.25, 0.3) is 0 Å². The molecule has 4 unspecified atom stereocenters. The lowest BCUT2D eigenvalue weighted by molar-refractivity contribution is -0.143. The first-order valence-corrected chi connectivity index (χ1v) is 12.0. The number of amides is 4. The zero-order chi connectivity index (χ0) is 28.8. The van der Waals surface area contributed by atoms with Crippen molar-refractivity contribution in [2.24, 2.45) is 33.8 Å². The van der Waals surface area contributed by atoms with Crippen molar-refractivity contribution in [2.45, 2.75) is 70.1 Å². The topological polar surface area (TPSA) is 287 Å². The third-order valence-corrected chi connectivity index (χ3v) is 5.27. The minimum Gasteiger partial charge on any atom is -0.480 e. The zero-order valence-corrected chi connectivity index (χ0v) is 21.5. The van der Waals surface area contributed by atoms with Crippen LogP contribution in [0.4, 0.5) is 0 Å². The van der Waals surface area contributed by atoms with Crippen molar-refractivity contribution in [3.05, 3.63) is 18.2 Å². The van der Waals surface area contributed by atoms with Crippen molar-refractivity contribution in [1.82, 2.24) is 25.9 Å². The van der Waals surface area contributed by atoms with Crippen LogP contribution in [0, 0.1) is 5.92 Å². The number of carbonyl (C=O) groups is 5. The van der Waals surface area contributed by atoms with Gasteiger partial charge in [-0.2, -0.15) is 0 Å². The molecule has 0 fully saturated rings. The third kappa shape index (κ3) is 12.2. The van der Waals surface area contributed by atoms with Crippen molar-refractivity contribution in [3.63, 3.8) is 0 Å². The van der Waals surface area contributed by atoms with Crippen LogP contribution in [0.15, 0.2) is 17.5 Å². The number of guanidine groups is 1. The number of aromatic amines is 1. The molecule has 1 aromatic rings. The first kappa shape index (κ1) is 31.8. The highest BCUT2D eigenvalue weighted by Gasteiger charge is 2.31. The summed E-state index contributed by atoms with van der Waals surface area (Å²) in [6.07, 6.45) is 3.00. The van der Waals surface area contributed by atoms with Crippen molar-refractivity contribution in [2.75, 3.05) is 6.54 Å². The van der Waals surface area contributed by atoms with Crippen LogP contribution >= 0.6 is 0 Å². The molecule has 1 aromatic heterocycles. The van der Waals surface area contributed by atoms with Gasteiger partial charge < -0.3 is 49.0 Å². The first-order chi connectivity index (χ1) is 17.8. The van der Waals surface area contributed by atoms with Gasteiger partial charge in [0.2, 0.25) is 23.6 Å². The van der Waals surface area contributed by atoms with Gasteiger partial charge in [0.1, 0.15) is 18.1 Å². The number of nitrogens with one attached hydrogen (secondary N) is 4. The maximum absolute atomic E-state index is 13.2. The smallest absolute Gasteiger partial charge is 0.326 e. The minimum atomic E-state index is -1.59. The molecular weight excluding hydrogens is 500 g/mol. The number of nitrogens with zero attached hydrogens (tertiary/aromatic N) is 2. The summed E-state index contributed by atoms with van der Waals surface area (Å²) in [5, 5.41) is 16.7. The molecule has 0 aliphatic carbocycles. The molecule has 0 saturated carbocycles. The summed E-state index contributed by atoms with van der Waals surface area (Å²) in [6, 6.07) is -4.83. The lowest BCUT2D eigenvalue weighted by atomic mass is 10.0. The Morgan fingerprint density at radius 3 is 2.13 bits per heavy atom. The molecule has 13 N–H and O–H groups in total. The summed E-state index contributed by atoms with van der Waals surface area (Å²) in [6.45, 7) is 3.83. The van der Waals surface area contributed by atoms with Crippen molar-refractivity contribution < 1.29 is 29.1 Å². The van der Waals surface area contributed by atoms with Gasteiger partial charge in [-0.3, -0.25) is 24.2 Å². The number of carboxylic acids is 1. The Labute approximate surface area is 219 Å². The van der Waals surface area contributed by atoms with Crippen LogP contribution in [0.5, 0.6) is 0 Å². The molecule has 4 atom stereocenters. The number of imidazole rings is 1. The minimum absolute atomic E-state index is 0.0176. The van der Waals surface area contributed by atoms with Gasteiger partial charge in [-0.05, 0) is 25.2 Å². The first-order valence-electron chi connectivity index (χ1n) is 12.0. The number of hydrogen-bond donors (Lipinski definition) is 9. The number of rotatable bonds is 17. The molecule has 38 heavy (non-hydrogen) atoms. The molecule has 0 radical (unpaired) electrons. The Balaban J connectivity index is 3.01. The number of aliphatic imine (C=N–C) groups is 1. The molecule has 0 bridgehead atoms. The normalized spacial score (nSPS) is 14.0. The van der Waals surface area contributed by atoms with Crippen LogP contribution in [-0.2, 0) is 30.4 Å². The standard InChI is InChI=1S/C22H38N10O6/c1-11(2)6-15(31-18(34)13(23)7-12-9-27-10-29-12)20(36)30-14(4-3-5-28-22(25)26)19(35)32-16(21(37)38)8-17(24)33/h9-11,13-16H,3-8,23H2,1-2H3,(H2,24,33)(H,27,29)(H,30,36)(H,31,34)(H,32,35)(H,37,38)(H4,25,26,28). The Kier molecular flexibility index (Phi) is 13.2. The second kappa shape index (κ2) is 15.8. The van der Waals surface area contributed by atoms with Gasteiger partial charge in [-0.15, -0.1) is 0 Å². The lowest BCUT2D eigenvalue weighted by Crippen LogP contribution is -2.57. The number of H-pyrrole nitrogens is 1. The highest BCUT2D eigenvalue weighted by Crippen LogP contribution is 2.08. The van der Waals surface area contributed by atoms with Crippen LogP contribution in [0.2, 0.25) is 0 Å². The van der Waals surface area contributed by atoms with E-state index in [0.29, 0.717) is 5.69 Å². The number of aromatic nitrogens is 2. The van der Waals surface area contributed by atoms with Crippen LogP contribution in [0.3, 0.4) is 0 Å². The molecular formula is C22H38N10O6. The second-order valence-corrected chi connectivity index (χ2v) is 9.16.